The lowest BCUT2D eigenvalue weighted by molar-refractivity contribution is 0.350. The summed E-state index contributed by atoms with van der Waals surface area (Å²) < 4.78 is 27.0. The van der Waals surface area contributed by atoms with E-state index in [1.165, 1.54) is 6.07 Å². The van der Waals surface area contributed by atoms with Crippen LogP contribution in [0, 0.1) is 18.8 Å². The van der Waals surface area contributed by atoms with Gasteiger partial charge in [-0.2, -0.15) is 5.21 Å². The number of tetrazole rings is 1. The van der Waals surface area contributed by atoms with Crippen LogP contribution in [0.4, 0.5) is 0 Å². The van der Waals surface area contributed by atoms with E-state index >= 15 is 0 Å². The van der Waals surface area contributed by atoms with Gasteiger partial charge in [0.1, 0.15) is 6.61 Å². The highest BCUT2D eigenvalue weighted by atomic mass is 32.2. The van der Waals surface area contributed by atoms with E-state index in [0.717, 1.165) is 5.56 Å². The number of nitrogens with one attached hydrogen (secondary N) is 2. The predicted octanol–water partition coefficient (Wildman–Crippen LogP) is -0.670. The highest BCUT2D eigenvalue weighted by Gasteiger charge is 2.18. The number of nitrogens with zero attached hydrogens (tertiary/aromatic N) is 3. The summed E-state index contributed by atoms with van der Waals surface area (Å²) in [5.74, 6) is 5.31. The first-order valence-corrected chi connectivity index (χ1v) is 7.43. The number of H-pyrrole nitrogens is 1. The fourth-order valence-corrected chi connectivity index (χ4v) is 2.73. The van der Waals surface area contributed by atoms with Gasteiger partial charge in [-0.1, -0.05) is 23.1 Å². The third kappa shape index (κ3) is 3.85. The molecule has 2 rings (SSSR count). The molecule has 0 atom stereocenters. The van der Waals surface area contributed by atoms with Crippen LogP contribution < -0.4 is 4.72 Å². The molecule has 0 saturated heterocycles. The largest absolute Gasteiger partial charge is 0.384 e. The highest BCUT2D eigenvalue weighted by Crippen LogP contribution is 2.16. The summed E-state index contributed by atoms with van der Waals surface area (Å²) in [5, 5.41) is 21.7. The zero-order valence-electron chi connectivity index (χ0n) is 11.2. The van der Waals surface area contributed by atoms with Crippen molar-refractivity contribution in [3.8, 4) is 11.8 Å². The lowest BCUT2D eigenvalue weighted by Crippen LogP contribution is -2.24. The molecular formula is C12H13N5O3S. The minimum atomic E-state index is -3.77. The van der Waals surface area contributed by atoms with Gasteiger partial charge in [0.05, 0.1) is 11.4 Å². The first kappa shape index (κ1) is 15.1. The van der Waals surface area contributed by atoms with E-state index in [4.69, 9.17) is 5.11 Å². The van der Waals surface area contributed by atoms with E-state index in [2.05, 4.69) is 37.2 Å². The monoisotopic (exact) mass is 307 g/mol. The second kappa shape index (κ2) is 6.45. The van der Waals surface area contributed by atoms with Crippen LogP contribution in [0.25, 0.3) is 0 Å². The summed E-state index contributed by atoms with van der Waals surface area (Å²) in [7, 11) is -3.77. The number of benzene rings is 1. The van der Waals surface area contributed by atoms with Gasteiger partial charge < -0.3 is 5.11 Å². The van der Waals surface area contributed by atoms with Crippen LogP contribution in [0.5, 0.6) is 0 Å². The smallest absolute Gasteiger partial charge is 0.242 e. The second-order valence-electron chi connectivity index (χ2n) is 4.11. The number of hydrogen-bond donors (Lipinski definition) is 3. The molecule has 9 heteroatoms. The maximum atomic E-state index is 12.3. The average Bonchev–Trinajstić information content (AvgIpc) is 2.96. The Labute approximate surface area is 121 Å². The van der Waals surface area contributed by atoms with Crippen molar-refractivity contribution in [2.45, 2.75) is 18.4 Å². The molecule has 0 aliphatic heterocycles. The summed E-state index contributed by atoms with van der Waals surface area (Å²) >= 11 is 0. The molecule has 3 N–H and O–H groups in total. The van der Waals surface area contributed by atoms with Crippen LogP contribution in [0.1, 0.15) is 17.0 Å². The zero-order chi connectivity index (χ0) is 15.3. The molecule has 0 spiro atoms. The number of hydrogen-bond acceptors (Lipinski definition) is 6. The first-order chi connectivity index (χ1) is 10.0. The van der Waals surface area contributed by atoms with E-state index in [0.29, 0.717) is 5.56 Å². The fraction of sp³-hybridized carbons (Fsp3) is 0.250. The molecule has 0 aliphatic carbocycles. The molecule has 1 aromatic carbocycles. The molecule has 0 amide bonds. The molecule has 1 aromatic heterocycles. The van der Waals surface area contributed by atoms with Gasteiger partial charge in [-0.25, -0.2) is 13.1 Å². The summed E-state index contributed by atoms with van der Waals surface area (Å²) in [6.45, 7) is 1.40. The van der Waals surface area contributed by atoms with Crippen molar-refractivity contribution in [3.63, 3.8) is 0 Å². The Balaban J connectivity index is 2.30. The number of aromatic amines is 1. The summed E-state index contributed by atoms with van der Waals surface area (Å²) in [6, 6.07) is 4.79. The number of aromatic nitrogens is 4. The Kier molecular flexibility index (Phi) is 4.64. The molecule has 1 heterocycles. The van der Waals surface area contributed by atoms with Gasteiger partial charge in [-0.05, 0) is 24.6 Å². The van der Waals surface area contributed by atoms with Gasteiger partial charge in [-0.3, -0.25) is 0 Å². The Bertz CT molecular complexity index is 775. The minimum absolute atomic E-state index is 0.0394. The van der Waals surface area contributed by atoms with E-state index in [1.807, 2.05) is 6.92 Å². The van der Waals surface area contributed by atoms with Gasteiger partial charge in [-0.15, -0.1) is 10.2 Å². The highest BCUT2D eigenvalue weighted by molar-refractivity contribution is 7.89. The Morgan fingerprint density at radius 3 is 2.90 bits per heavy atom. The molecular weight excluding hydrogens is 294 g/mol. The lowest BCUT2D eigenvalue weighted by Gasteiger charge is -2.08. The first-order valence-electron chi connectivity index (χ1n) is 5.95. The SMILES string of the molecule is Cc1ccc(S(=O)(=O)NCc2nn[nH]n2)c(C#CCO)c1. The van der Waals surface area contributed by atoms with E-state index in [-0.39, 0.29) is 23.9 Å². The van der Waals surface area contributed by atoms with Gasteiger partial charge in [0.15, 0.2) is 5.82 Å². The van der Waals surface area contributed by atoms with Crippen LogP contribution in [-0.4, -0.2) is 40.8 Å². The van der Waals surface area contributed by atoms with Crippen LogP contribution >= 0.6 is 0 Å². The zero-order valence-corrected chi connectivity index (χ0v) is 12.0. The van der Waals surface area contributed by atoms with Crippen molar-refractivity contribution < 1.29 is 13.5 Å². The molecule has 8 nitrogen and oxygen atoms in total. The third-order valence-electron chi connectivity index (χ3n) is 2.54. The Hall–Kier alpha value is -2.28. The van der Waals surface area contributed by atoms with Crippen LogP contribution in [0.15, 0.2) is 23.1 Å². The maximum Gasteiger partial charge on any atom is 0.242 e. The molecule has 0 unspecified atom stereocenters. The normalized spacial score (nSPS) is 11.0. The van der Waals surface area contributed by atoms with E-state index in [1.54, 1.807) is 12.1 Å². The van der Waals surface area contributed by atoms with Crippen molar-refractivity contribution >= 4 is 10.0 Å². The quantitative estimate of drug-likeness (QED) is 0.644. The van der Waals surface area contributed by atoms with Gasteiger partial charge in [0, 0.05) is 5.56 Å². The number of sulfonamides is 1. The van der Waals surface area contributed by atoms with Gasteiger partial charge in [0.25, 0.3) is 0 Å². The van der Waals surface area contributed by atoms with Crippen molar-refractivity contribution in [1.29, 1.82) is 0 Å². The molecule has 0 saturated carbocycles. The standard InChI is InChI=1S/C12H13N5O3S/c1-9-4-5-11(10(7-9)3-2-6-18)21(19,20)13-8-12-14-16-17-15-12/h4-5,7,13,18H,6,8H2,1H3,(H,14,15,16,17). The summed E-state index contributed by atoms with van der Waals surface area (Å²) in [4.78, 5) is 0.0394. The Morgan fingerprint density at radius 1 is 1.43 bits per heavy atom. The second-order valence-corrected chi connectivity index (χ2v) is 5.85. The topological polar surface area (TPSA) is 121 Å². The molecule has 110 valence electrons. The lowest BCUT2D eigenvalue weighted by atomic mass is 10.1. The van der Waals surface area contributed by atoms with E-state index in [9.17, 15) is 8.42 Å². The minimum Gasteiger partial charge on any atom is -0.384 e. The molecule has 0 bridgehead atoms. The summed E-state index contributed by atoms with van der Waals surface area (Å²) in [6.07, 6.45) is 0. The van der Waals surface area contributed by atoms with Crippen molar-refractivity contribution in [3.05, 3.63) is 35.2 Å². The van der Waals surface area contributed by atoms with Crippen LogP contribution in [-0.2, 0) is 16.6 Å². The molecule has 0 radical (unpaired) electrons. The van der Waals surface area contributed by atoms with E-state index < -0.39 is 10.0 Å². The molecule has 0 fully saturated rings. The molecule has 0 aliphatic rings. The summed E-state index contributed by atoms with van der Waals surface area (Å²) in [5.41, 5.74) is 1.19. The molecule has 2 aromatic rings. The third-order valence-corrected chi connectivity index (χ3v) is 4.00. The Morgan fingerprint density at radius 2 is 2.24 bits per heavy atom. The van der Waals surface area contributed by atoms with Crippen LogP contribution in [0.3, 0.4) is 0 Å². The van der Waals surface area contributed by atoms with Crippen molar-refractivity contribution in [2.75, 3.05) is 6.61 Å². The molecule has 21 heavy (non-hydrogen) atoms. The average molecular weight is 307 g/mol. The van der Waals surface area contributed by atoms with Gasteiger partial charge in [0.2, 0.25) is 10.0 Å². The fourth-order valence-electron chi connectivity index (χ4n) is 1.61. The number of rotatable bonds is 4. The number of aliphatic hydroxyl groups excluding tert-OH is 1. The maximum absolute atomic E-state index is 12.3. The van der Waals surface area contributed by atoms with Crippen LogP contribution in [0.2, 0.25) is 0 Å². The van der Waals surface area contributed by atoms with Crippen molar-refractivity contribution in [2.24, 2.45) is 0 Å². The number of aliphatic hydroxyl groups is 1. The van der Waals surface area contributed by atoms with Crippen molar-refractivity contribution in [1.82, 2.24) is 25.3 Å². The number of aryl methyl sites for hydroxylation is 1. The van der Waals surface area contributed by atoms with Gasteiger partial charge >= 0.3 is 0 Å². The predicted molar refractivity (Wildman–Crippen MR) is 73.3 cm³/mol.